The molecular formula is C9H16N4O. The summed E-state index contributed by atoms with van der Waals surface area (Å²) in [6.07, 6.45) is 1.78. The standard InChI is InChI=1S/C9H16N4O/c1-3-14-7(2)6-12-8-4-5-11-9(10)13-8/h4-5,7H,3,6H2,1-2H3,(H3,10,11,12,13). The van der Waals surface area contributed by atoms with Crippen molar-refractivity contribution in [3.05, 3.63) is 12.3 Å². The summed E-state index contributed by atoms with van der Waals surface area (Å²) in [5.74, 6) is 1.00. The molecular weight excluding hydrogens is 180 g/mol. The highest BCUT2D eigenvalue weighted by Crippen LogP contribution is 2.03. The Kier molecular flexibility index (Phi) is 4.12. The number of hydrogen-bond acceptors (Lipinski definition) is 5. The average Bonchev–Trinajstić information content (AvgIpc) is 2.15. The average molecular weight is 196 g/mol. The molecule has 1 aromatic rings. The molecule has 0 aliphatic carbocycles. The molecule has 0 bridgehead atoms. The maximum absolute atomic E-state index is 5.43. The first-order chi connectivity index (χ1) is 6.72. The molecule has 3 N–H and O–H groups in total. The first-order valence-corrected chi connectivity index (χ1v) is 4.66. The lowest BCUT2D eigenvalue weighted by molar-refractivity contribution is 0.0855. The Hall–Kier alpha value is -1.36. The Bertz CT molecular complexity index is 279. The van der Waals surface area contributed by atoms with E-state index in [4.69, 9.17) is 10.5 Å². The van der Waals surface area contributed by atoms with Gasteiger partial charge >= 0.3 is 0 Å². The van der Waals surface area contributed by atoms with E-state index in [9.17, 15) is 0 Å². The number of rotatable bonds is 5. The SMILES string of the molecule is CCOC(C)CNc1ccnc(N)n1. The van der Waals surface area contributed by atoms with Crippen molar-refractivity contribution < 1.29 is 4.74 Å². The summed E-state index contributed by atoms with van der Waals surface area (Å²) in [6, 6.07) is 1.77. The highest BCUT2D eigenvalue weighted by atomic mass is 16.5. The van der Waals surface area contributed by atoms with Crippen LogP contribution < -0.4 is 11.1 Å². The molecule has 0 fully saturated rings. The van der Waals surface area contributed by atoms with Gasteiger partial charge in [0, 0.05) is 19.3 Å². The number of aromatic nitrogens is 2. The van der Waals surface area contributed by atoms with E-state index in [1.54, 1.807) is 12.3 Å². The van der Waals surface area contributed by atoms with Gasteiger partial charge in [0.05, 0.1) is 6.10 Å². The van der Waals surface area contributed by atoms with Crippen molar-refractivity contribution in [2.24, 2.45) is 0 Å². The number of nitrogens with zero attached hydrogens (tertiary/aromatic N) is 2. The quantitative estimate of drug-likeness (QED) is 0.731. The lowest BCUT2D eigenvalue weighted by Gasteiger charge is -2.12. The molecule has 0 aliphatic heterocycles. The molecule has 5 heteroatoms. The lowest BCUT2D eigenvalue weighted by atomic mass is 10.4. The van der Waals surface area contributed by atoms with Gasteiger partial charge in [0.2, 0.25) is 5.95 Å². The summed E-state index contributed by atoms with van der Waals surface area (Å²) in [7, 11) is 0. The third-order valence-corrected chi connectivity index (χ3v) is 1.70. The lowest BCUT2D eigenvalue weighted by Crippen LogP contribution is -2.20. The van der Waals surface area contributed by atoms with Gasteiger partial charge in [-0.3, -0.25) is 0 Å². The van der Waals surface area contributed by atoms with Gasteiger partial charge < -0.3 is 15.8 Å². The zero-order valence-electron chi connectivity index (χ0n) is 8.53. The fourth-order valence-corrected chi connectivity index (χ4v) is 1.06. The van der Waals surface area contributed by atoms with Crippen molar-refractivity contribution >= 4 is 11.8 Å². The van der Waals surface area contributed by atoms with E-state index in [1.807, 2.05) is 13.8 Å². The first kappa shape index (κ1) is 10.7. The van der Waals surface area contributed by atoms with Crippen LogP contribution in [0.5, 0.6) is 0 Å². The summed E-state index contributed by atoms with van der Waals surface area (Å²) in [4.78, 5) is 7.80. The van der Waals surface area contributed by atoms with Crippen LogP contribution in [0.3, 0.4) is 0 Å². The summed E-state index contributed by atoms with van der Waals surface area (Å²) in [5.41, 5.74) is 5.43. The van der Waals surface area contributed by atoms with Crippen molar-refractivity contribution in [3.63, 3.8) is 0 Å². The van der Waals surface area contributed by atoms with E-state index >= 15 is 0 Å². The van der Waals surface area contributed by atoms with Gasteiger partial charge in [-0.15, -0.1) is 0 Å². The molecule has 5 nitrogen and oxygen atoms in total. The van der Waals surface area contributed by atoms with Crippen molar-refractivity contribution in [1.82, 2.24) is 9.97 Å². The molecule has 0 amide bonds. The Labute approximate surface area is 83.7 Å². The van der Waals surface area contributed by atoms with Crippen molar-refractivity contribution in [2.75, 3.05) is 24.2 Å². The molecule has 0 radical (unpaired) electrons. The second-order valence-corrected chi connectivity index (χ2v) is 2.95. The van der Waals surface area contributed by atoms with E-state index in [2.05, 4.69) is 15.3 Å². The molecule has 0 saturated heterocycles. The smallest absolute Gasteiger partial charge is 0.221 e. The van der Waals surface area contributed by atoms with Crippen LogP contribution in [0.15, 0.2) is 12.3 Å². The second-order valence-electron chi connectivity index (χ2n) is 2.95. The van der Waals surface area contributed by atoms with Gasteiger partial charge in [-0.05, 0) is 19.9 Å². The van der Waals surface area contributed by atoms with Crippen LogP contribution in [-0.2, 0) is 4.74 Å². The molecule has 1 atom stereocenters. The van der Waals surface area contributed by atoms with Crippen LogP contribution >= 0.6 is 0 Å². The summed E-state index contributed by atoms with van der Waals surface area (Å²) < 4.78 is 5.36. The molecule has 1 rings (SSSR count). The minimum atomic E-state index is 0.163. The fraction of sp³-hybridized carbons (Fsp3) is 0.556. The number of ether oxygens (including phenoxy) is 1. The Morgan fingerprint density at radius 3 is 3.07 bits per heavy atom. The van der Waals surface area contributed by atoms with Crippen LogP contribution in [-0.4, -0.2) is 29.2 Å². The zero-order chi connectivity index (χ0) is 10.4. The molecule has 78 valence electrons. The third-order valence-electron chi connectivity index (χ3n) is 1.70. The Morgan fingerprint density at radius 2 is 2.43 bits per heavy atom. The Balaban J connectivity index is 2.37. The summed E-state index contributed by atoms with van der Waals surface area (Å²) in [6.45, 7) is 5.40. The molecule has 1 aromatic heterocycles. The van der Waals surface area contributed by atoms with Crippen LogP contribution in [0, 0.1) is 0 Å². The van der Waals surface area contributed by atoms with Gasteiger partial charge in [-0.2, -0.15) is 4.98 Å². The van der Waals surface area contributed by atoms with Gasteiger partial charge in [0.1, 0.15) is 5.82 Å². The van der Waals surface area contributed by atoms with Crippen LogP contribution in [0.4, 0.5) is 11.8 Å². The maximum atomic E-state index is 5.43. The first-order valence-electron chi connectivity index (χ1n) is 4.66. The Morgan fingerprint density at radius 1 is 1.64 bits per heavy atom. The topological polar surface area (TPSA) is 73.1 Å². The normalized spacial score (nSPS) is 12.4. The second kappa shape index (κ2) is 5.39. The highest BCUT2D eigenvalue weighted by Gasteiger charge is 2.01. The predicted octanol–water partition coefficient (Wildman–Crippen LogP) is 0.896. The highest BCUT2D eigenvalue weighted by molar-refractivity contribution is 5.37. The van der Waals surface area contributed by atoms with Gasteiger partial charge in [-0.25, -0.2) is 4.98 Å². The molecule has 1 heterocycles. The predicted molar refractivity (Wildman–Crippen MR) is 56.0 cm³/mol. The summed E-state index contributed by atoms with van der Waals surface area (Å²) >= 11 is 0. The molecule has 1 unspecified atom stereocenters. The fourth-order valence-electron chi connectivity index (χ4n) is 1.06. The van der Waals surface area contributed by atoms with Crippen molar-refractivity contribution in [2.45, 2.75) is 20.0 Å². The van der Waals surface area contributed by atoms with Crippen LogP contribution in [0.1, 0.15) is 13.8 Å². The monoisotopic (exact) mass is 196 g/mol. The van der Waals surface area contributed by atoms with Crippen molar-refractivity contribution in [1.29, 1.82) is 0 Å². The number of hydrogen-bond donors (Lipinski definition) is 2. The molecule has 0 saturated carbocycles. The van der Waals surface area contributed by atoms with E-state index in [0.717, 1.165) is 12.4 Å². The minimum Gasteiger partial charge on any atom is -0.377 e. The number of anilines is 2. The zero-order valence-corrected chi connectivity index (χ0v) is 8.53. The molecule has 0 spiro atoms. The summed E-state index contributed by atoms with van der Waals surface area (Å²) in [5, 5.41) is 3.11. The van der Waals surface area contributed by atoms with Crippen LogP contribution in [0.25, 0.3) is 0 Å². The minimum absolute atomic E-state index is 0.163. The third kappa shape index (κ3) is 3.57. The maximum Gasteiger partial charge on any atom is 0.221 e. The van der Waals surface area contributed by atoms with Gasteiger partial charge in [0.25, 0.3) is 0 Å². The van der Waals surface area contributed by atoms with E-state index < -0.39 is 0 Å². The van der Waals surface area contributed by atoms with Crippen LogP contribution in [0.2, 0.25) is 0 Å². The molecule has 14 heavy (non-hydrogen) atoms. The van der Waals surface area contributed by atoms with Crippen molar-refractivity contribution in [3.8, 4) is 0 Å². The largest absolute Gasteiger partial charge is 0.377 e. The number of nitrogens with two attached hydrogens (primary N) is 1. The van der Waals surface area contributed by atoms with E-state index in [-0.39, 0.29) is 12.1 Å². The molecule has 0 aromatic carbocycles. The molecule has 0 aliphatic rings. The number of nitrogens with one attached hydrogen (secondary N) is 1. The van der Waals surface area contributed by atoms with Gasteiger partial charge in [0.15, 0.2) is 0 Å². The van der Waals surface area contributed by atoms with E-state index in [1.165, 1.54) is 0 Å². The van der Waals surface area contributed by atoms with Gasteiger partial charge in [-0.1, -0.05) is 0 Å². The van der Waals surface area contributed by atoms with E-state index in [0.29, 0.717) is 6.54 Å². The number of nitrogen functional groups attached to an aromatic ring is 1.